The van der Waals surface area contributed by atoms with Crippen LogP contribution >= 0.6 is 0 Å². The SMILES string of the molecule is O=C(Nc1cccnc1)c1ccccc1NC(=O)C(c1ccccc1)c1ccccc1. The molecule has 0 aliphatic rings. The highest BCUT2D eigenvalue weighted by molar-refractivity contribution is 6.10. The van der Waals surface area contributed by atoms with Crippen molar-refractivity contribution in [3.8, 4) is 0 Å². The van der Waals surface area contributed by atoms with Crippen LogP contribution in [-0.2, 0) is 4.79 Å². The minimum atomic E-state index is -0.503. The molecule has 152 valence electrons. The maximum absolute atomic E-state index is 13.4. The first kappa shape index (κ1) is 20.0. The summed E-state index contributed by atoms with van der Waals surface area (Å²) < 4.78 is 0. The Bertz CT molecular complexity index is 1120. The second-order valence-corrected chi connectivity index (χ2v) is 6.99. The van der Waals surface area contributed by atoms with E-state index in [9.17, 15) is 9.59 Å². The molecule has 0 aliphatic heterocycles. The zero-order chi connectivity index (χ0) is 21.5. The van der Waals surface area contributed by atoms with Crippen LogP contribution in [0.25, 0.3) is 0 Å². The van der Waals surface area contributed by atoms with Crippen molar-refractivity contribution in [2.75, 3.05) is 10.6 Å². The summed E-state index contributed by atoms with van der Waals surface area (Å²) in [5, 5.41) is 5.77. The highest BCUT2D eigenvalue weighted by atomic mass is 16.2. The quantitative estimate of drug-likeness (QED) is 0.467. The van der Waals surface area contributed by atoms with Crippen LogP contribution in [0.2, 0.25) is 0 Å². The lowest BCUT2D eigenvalue weighted by molar-refractivity contribution is -0.116. The number of carbonyl (C=O) groups excluding carboxylic acids is 2. The molecule has 1 heterocycles. The van der Waals surface area contributed by atoms with E-state index in [1.807, 2.05) is 60.7 Å². The Labute approximate surface area is 180 Å². The second kappa shape index (κ2) is 9.50. The van der Waals surface area contributed by atoms with Crippen LogP contribution in [0.15, 0.2) is 109 Å². The lowest BCUT2D eigenvalue weighted by atomic mass is 9.90. The van der Waals surface area contributed by atoms with Gasteiger partial charge in [-0.3, -0.25) is 14.6 Å². The monoisotopic (exact) mass is 407 g/mol. The molecule has 0 unspecified atom stereocenters. The summed E-state index contributed by atoms with van der Waals surface area (Å²) in [6, 6.07) is 29.7. The van der Waals surface area contributed by atoms with Crippen LogP contribution in [0.1, 0.15) is 27.4 Å². The zero-order valence-electron chi connectivity index (χ0n) is 16.7. The number of nitrogens with one attached hydrogen (secondary N) is 2. The Morgan fingerprint density at radius 3 is 1.90 bits per heavy atom. The van der Waals surface area contributed by atoms with Crippen molar-refractivity contribution in [1.82, 2.24) is 4.98 Å². The van der Waals surface area contributed by atoms with E-state index in [1.165, 1.54) is 0 Å². The molecule has 0 saturated carbocycles. The van der Waals surface area contributed by atoms with Crippen molar-refractivity contribution in [2.45, 2.75) is 5.92 Å². The number of amides is 2. The maximum Gasteiger partial charge on any atom is 0.257 e. The predicted octanol–water partition coefficient (Wildman–Crippen LogP) is 5.10. The van der Waals surface area contributed by atoms with Crippen LogP contribution in [0.3, 0.4) is 0 Å². The van der Waals surface area contributed by atoms with Gasteiger partial charge in [0.15, 0.2) is 0 Å². The summed E-state index contributed by atoms with van der Waals surface area (Å²) in [5.41, 5.74) is 3.16. The molecule has 0 spiro atoms. The van der Waals surface area contributed by atoms with E-state index in [-0.39, 0.29) is 11.8 Å². The number of aromatic nitrogens is 1. The average molecular weight is 407 g/mol. The van der Waals surface area contributed by atoms with Gasteiger partial charge in [-0.15, -0.1) is 0 Å². The van der Waals surface area contributed by atoms with Crippen molar-refractivity contribution in [3.63, 3.8) is 0 Å². The molecule has 2 N–H and O–H groups in total. The number of rotatable bonds is 6. The van der Waals surface area contributed by atoms with Crippen molar-refractivity contribution in [2.24, 2.45) is 0 Å². The molecule has 4 rings (SSSR count). The molecule has 3 aromatic carbocycles. The summed E-state index contributed by atoms with van der Waals surface area (Å²) >= 11 is 0. The van der Waals surface area contributed by atoms with Gasteiger partial charge in [-0.25, -0.2) is 0 Å². The highest BCUT2D eigenvalue weighted by Gasteiger charge is 2.24. The molecule has 1 aromatic heterocycles. The predicted molar refractivity (Wildman–Crippen MR) is 122 cm³/mol. The summed E-state index contributed by atoms with van der Waals surface area (Å²) in [6.45, 7) is 0. The lowest BCUT2D eigenvalue weighted by Gasteiger charge is -2.19. The minimum absolute atomic E-state index is 0.209. The highest BCUT2D eigenvalue weighted by Crippen LogP contribution is 2.27. The molecule has 0 fully saturated rings. The van der Waals surface area contributed by atoms with Crippen molar-refractivity contribution < 1.29 is 9.59 Å². The normalized spacial score (nSPS) is 10.5. The Kier molecular flexibility index (Phi) is 6.14. The standard InChI is InChI=1S/C26H21N3O2/c30-25(28-21-14-9-17-27-18-21)22-15-7-8-16-23(22)29-26(31)24(19-10-3-1-4-11-19)20-12-5-2-6-13-20/h1-18,24H,(H,28,30)(H,29,31). The van der Waals surface area contributed by atoms with Gasteiger partial charge in [0.1, 0.15) is 0 Å². The molecule has 5 nitrogen and oxygen atoms in total. The smallest absolute Gasteiger partial charge is 0.257 e. The Morgan fingerprint density at radius 2 is 1.29 bits per heavy atom. The molecule has 0 radical (unpaired) electrons. The van der Waals surface area contributed by atoms with Gasteiger partial charge in [-0.2, -0.15) is 0 Å². The van der Waals surface area contributed by atoms with E-state index in [2.05, 4.69) is 15.6 Å². The van der Waals surface area contributed by atoms with Crippen LogP contribution < -0.4 is 10.6 Å². The summed E-state index contributed by atoms with van der Waals surface area (Å²) in [6.07, 6.45) is 3.21. The van der Waals surface area contributed by atoms with Crippen LogP contribution in [0, 0.1) is 0 Å². The summed E-state index contributed by atoms with van der Waals surface area (Å²) in [4.78, 5) is 30.2. The second-order valence-electron chi connectivity index (χ2n) is 6.99. The Balaban J connectivity index is 1.62. The van der Waals surface area contributed by atoms with E-state index in [1.54, 1.807) is 48.8 Å². The number of nitrogens with zero attached hydrogens (tertiary/aromatic N) is 1. The van der Waals surface area contributed by atoms with E-state index >= 15 is 0 Å². The first-order valence-corrected chi connectivity index (χ1v) is 9.93. The average Bonchev–Trinajstić information content (AvgIpc) is 2.81. The molecule has 0 atom stereocenters. The largest absolute Gasteiger partial charge is 0.325 e. The van der Waals surface area contributed by atoms with Gasteiger partial charge < -0.3 is 10.6 Å². The molecular formula is C26H21N3O2. The molecule has 0 aliphatic carbocycles. The molecule has 0 bridgehead atoms. The molecule has 0 saturated heterocycles. The van der Waals surface area contributed by atoms with Gasteiger partial charge >= 0.3 is 0 Å². The first-order chi connectivity index (χ1) is 15.2. The lowest BCUT2D eigenvalue weighted by Crippen LogP contribution is -2.24. The van der Waals surface area contributed by atoms with E-state index in [0.29, 0.717) is 16.9 Å². The Morgan fingerprint density at radius 1 is 0.677 bits per heavy atom. The summed E-state index contributed by atoms with van der Waals surface area (Å²) in [7, 11) is 0. The van der Waals surface area contributed by atoms with E-state index in [4.69, 9.17) is 0 Å². The van der Waals surface area contributed by atoms with Crippen molar-refractivity contribution >= 4 is 23.2 Å². The molecule has 31 heavy (non-hydrogen) atoms. The van der Waals surface area contributed by atoms with Crippen molar-refractivity contribution in [1.29, 1.82) is 0 Å². The zero-order valence-corrected chi connectivity index (χ0v) is 16.7. The first-order valence-electron chi connectivity index (χ1n) is 9.93. The fraction of sp³-hybridized carbons (Fsp3) is 0.0385. The third kappa shape index (κ3) is 4.85. The van der Waals surface area contributed by atoms with Crippen LogP contribution in [-0.4, -0.2) is 16.8 Å². The summed E-state index contributed by atoms with van der Waals surface area (Å²) in [5.74, 6) is -1.03. The fourth-order valence-corrected chi connectivity index (χ4v) is 3.42. The topological polar surface area (TPSA) is 71.1 Å². The number of para-hydroxylation sites is 1. The number of benzene rings is 3. The van der Waals surface area contributed by atoms with E-state index < -0.39 is 5.92 Å². The van der Waals surface area contributed by atoms with Crippen molar-refractivity contribution in [3.05, 3.63) is 126 Å². The number of hydrogen-bond donors (Lipinski definition) is 2. The fourth-order valence-electron chi connectivity index (χ4n) is 3.42. The molecule has 5 heteroatoms. The maximum atomic E-state index is 13.4. The van der Waals surface area contributed by atoms with Gasteiger partial charge in [0.2, 0.25) is 5.91 Å². The van der Waals surface area contributed by atoms with E-state index in [0.717, 1.165) is 11.1 Å². The molecular weight excluding hydrogens is 386 g/mol. The minimum Gasteiger partial charge on any atom is -0.325 e. The van der Waals surface area contributed by atoms with Gasteiger partial charge in [0.25, 0.3) is 5.91 Å². The number of carbonyl (C=O) groups is 2. The van der Waals surface area contributed by atoms with Gasteiger partial charge in [-0.1, -0.05) is 72.8 Å². The van der Waals surface area contributed by atoms with Gasteiger partial charge in [-0.05, 0) is 35.4 Å². The van der Waals surface area contributed by atoms with Crippen LogP contribution in [0.4, 0.5) is 11.4 Å². The number of pyridine rings is 1. The number of hydrogen-bond acceptors (Lipinski definition) is 3. The molecule has 4 aromatic rings. The van der Waals surface area contributed by atoms with Gasteiger partial charge in [0, 0.05) is 6.20 Å². The molecule has 2 amide bonds. The number of anilines is 2. The third-order valence-corrected chi connectivity index (χ3v) is 4.88. The third-order valence-electron chi connectivity index (χ3n) is 4.88. The van der Waals surface area contributed by atoms with Gasteiger partial charge in [0.05, 0.1) is 29.1 Å². The van der Waals surface area contributed by atoms with Crippen LogP contribution in [0.5, 0.6) is 0 Å². The Hall–Kier alpha value is -4.25.